The molecule has 0 fully saturated rings. The maximum atomic E-state index is 14.6. The van der Waals surface area contributed by atoms with Crippen LogP contribution in [0.1, 0.15) is 36.6 Å². The molecule has 4 aromatic carbocycles. The van der Waals surface area contributed by atoms with Gasteiger partial charge in [-0.1, -0.05) is 81.9 Å². The molecule has 0 unspecified atom stereocenters. The average Bonchev–Trinajstić information content (AvgIpc) is 3.41. The number of benzene rings is 4. The summed E-state index contributed by atoms with van der Waals surface area (Å²) < 4.78 is 31.7. The quantitative estimate of drug-likeness (QED) is 0.109. The van der Waals surface area contributed by atoms with Crippen LogP contribution >= 0.6 is 27.3 Å². The minimum atomic E-state index is -0.897. The van der Waals surface area contributed by atoms with Gasteiger partial charge in [0.1, 0.15) is 25.0 Å². The summed E-state index contributed by atoms with van der Waals surface area (Å²) in [6, 6.07) is 24.4. The van der Waals surface area contributed by atoms with Gasteiger partial charge in [0, 0.05) is 22.7 Å². The van der Waals surface area contributed by atoms with Gasteiger partial charge in [0.25, 0.3) is 5.56 Å². The number of allylic oxidation sites excluding steroid dienone is 1. The Hall–Kier alpha value is -4.71. The first kappa shape index (κ1) is 34.2. The SMILES string of the molecule is CCOc1c(OC)cccc1[C@H]1C(C(=O)OCCOC)=C(C)N=c2s/c(=C/c3c(OCc4ccc(Br)cc4)ccc4ccccc34)c(=O)n21. The highest BCUT2D eigenvalue weighted by Gasteiger charge is 2.36. The third-order valence-electron chi connectivity index (χ3n) is 8.09. The first-order chi connectivity index (χ1) is 23.8. The Kier molecular flexibility index (Phi) is 10.6. The van der Waals surface area contributed by atoms with E-state index in [0.717, 1.165) is 26.4 Å². The third-order valence-corrected chi connectivity index (χ3v) is 9.60. The summed E-state index contributed by atoms with van der Waals surface area (Å²) in [5, 5.41) is 1.94. The van der Waals surface area contributed by atoms with Crippen LogP contribution in [0.3, 0.4) is 0 Å². The molecule has 6 rings (SSSR count). The molecule has 1 atom stereocenters. The zero-order chi connectivity index (χ0) is 34.5. The zero-order valence-corrected chi connectivity index (χ0v) is 29.9. The fourth-order valence-electron chi connectivity index (χ4n) is 5.80. The highest BCUT2D eigenvalue weighted by atomic mass is 79.9. The van der Waals surface area contributed by atoms with E-state index in [9.17, 15) is 9.59 Å². The molecule has 11 heteroatoms. The van der Waals surface area contributed by atoms with Gasteiger partial charge in [-0.15, -0.1) is 0 Å². The molecule has 49 heavy (non-hydrogen) atoms. The Morgan fingerprint density at radius 2 is 1.76 bits per heavy atom. The standard InChI is InChI=1S/C38H35BrN2O7S/c1-5-46-35-28(11-8-12-31(35)45-4)34-33(37(43)47-20-19-44-3)23(2)40-38-41(34)36(42)32(49-38)21-29-27-10-7-6-9-25(27)15-18-30(29)48-22-24-13-16-26(39)17-14-24/h6-18,21,34H,5,19-20,22H2,1-4H3/b32-21+/t34-/m0/s1. The molecule has 2 heterocycles. The van der Waals surface area contributed by atoms with Crippen LogP contribution in [0, 0.1) is 0 Å². The number of thiazole rings is 1. The topological polar surface area (TPSA) is 97.6 Å². The molecule has 0 spiro atoms. The minimum Gasteiger partial charge on any atom is -0.493 e. The Bertz CT molecular complexity index is 2220. The molecule has 0 radical (unpaired) electrons. The van der Waals surface area contributed by atoms with Crippen molar-refractivity contribution >= 4 is 50.1 Å². The van der Waals surface area contributed by atoms with E-state index in [-0.39, 0.29) is 24.3 Å². The van der Waals surface area contributed by atoms with Crippen LogP contribution in [0.25, 0.3) is 16.8 Å². The number of ether oxygens (including phenoxy) is 5. The molecule has 5 aromatic rings. The molecular weight excluding hydrogens is 708 g/mol. The van der Waals surface area contributed by atoms with Gasteiger partial charge in [-0.25, -0.2) is 9.79 Å². The maximum absolute atomic E-state index is 14.6. The zero-order valence-electron chi connectivity index (χ0n) is 27.5. The molecule has 1 aliphatic heterocycles. The number of carbonyl (C=O) groups is 1. The second-order valence-corrected chi connectivity index (χ2v) is 13.1. The highest BCUT2D eigenvalue weighted by Crippen LogP contribution is 2.41. The van der Waals surface area contributed by atoms with Crippen molar-refractivity contribution in [3.05, 3.63) is 131 Å². The number of carbonyl (C=O) groups excluding carboxylic acids is 1. The largest absolute Gasteiger partial charge is 0.493 e. The van der Waals surface area contributed by atoms with Crippen molar-refractivity contribution in [2.75, 3.05) is 34.0 Å². The molecule has 0 amide bonds. The third kappa shape index (κ3) is 7.05. The van der Waals surface area contributed by atoms with Crippen molar-refractivity contribution in [2.24, 2.45) is 4.99 Å². The summed E-state index contributed by atoms with van der Waals surface area (Å²) in [6.45, 7) is 4.57. The predicted octanol–water partition coefficient (Wildman–Crippen LogP) is 6.33. The Labute approximate surface area is 295 Å². The van der Waals surface area contributed by atoms with E-state index in [1.165, 1.54) is 18.4 Å². The van der Waals surface area contributed by atoms with Crippen LogP contribution in [0.5, 0.6) is 17.2 Å². The summed E-state index contributed by atoms with van der Waals surface area (Å²) in [6.07, 6.45) is 1.85. The van der Waals surface area contributed by atoms with Crippen molar-refractivity contribution < 1.29 is 28.5 Å². The number of hydrogen-bond donors (Lipinski definition) is 0. The first-order valence-corrected chi connectivity index (χ1v) is 17.3. The number of hydrogen-bond acceptors (Lipinski definition) is 9. The second kappa shape index (κ2) is 15.2. The van der Waals surface area contributed by atoms with Gasteiger partial charge >= 0.3 is 5.97 Å². The fraction of sp³-hybridized carbons (Fsp3) is 0.237. The van der Waals surface area contributed by atoms with Gasteiger partial charge in [0.15, 0.2) is 16.3 Å². The number of halogens is 1. The molecule has 1 aliphatic rings. The van der Waals surface area contributed by atoms with Gasteiger partial charge in [0.2, 0.25) is 0 Å². The number of aromatic nitrogens is 1. The Morgan fingerprint density at radius 3 is 2.51 bits per heavy atom. The molecule has 0 bridgehead atoms. The Balaban J connectivity index is 1.54. The second-order valence-electron chi connectivity index (χ2n) is 11.1. The van der Waals surface area contributed by atoms with Crippen LogP contribution in [0.2, 0.25) is 0 Å². The summed E-state index contributed by atoms with van der Waals surface area (Å²) in [4.78, 5) is 33.5. The first-order valence-electron chi connectivity index (χ1n) is 15.7. The van der Waals surface area contributed by atoms with Crippen molar-refractivity contribution in [3.63, 3.8) is 0 Å². The van der Waals surface area contributed by atoms with Gasteiger partial charge in [0.05, 0.1) is 36.1 Å². The van der Waals surface area contributed by atoms with Crippen LogP contribution in [-0.4, -0.2) is 44.6 Å². The van der Waals surface area contributed by atoms with E-state index in [0.29, 0.717) is 51.1 Å². The van der Waals surface area contributed by atoms with Crippen molar-refractivity contribution in [2.45, 2.75) is 26.5 Å². The van der Waals surface area contributed by atoms with E-state index < -0.39 is 12.0 Å². The normalized spacial score (nSPS) is 14.4. The van der Waals surface area contributed by atoms with E-state index >= 15 is 0 Å². The van der Waals surface area contributed by atoms with Crippen molar-refractivity contribution in [1.82, 2.24) is 4.57 Å². The Morgan fingerprint density at radius 1 is 0.959 bits per heavy atom. The van der Waals surface area contributed by atoms with Gasteiger partial charge < -0.3 is 23.7 Å². The number of esters is 1. The van der Waals surface area contributed by atoms with E-state index in [4.69, 9.17) is 28.7 Å². The maximum Gasteiger partial charge on any atom is 0.338 e. The van der Waals surface area contributed by atoms with E-state index in [1.807, 2.05) is 79.7 Å². The number of methoxy groups -OCH3 is 2. The summed E-state index contributed by atoms with van der Waals surface area (Å²) in [7, 11) is 3.08. The number of rotatable bonds is 12. The molecular formula is C38H35BrN2O7S. The molecule has 1 aromatic heterocycles. The van der Waals surface area contributed by atoms with Gasteiger partial charge in [-0.05, 0) is 60.5 Å². The highest BCUT2D eigenvalue weighted by molar-refractivity contribution is 9.10. The summed E-state index contributed by atoms with van der Waals surface area (Å²) >= 11 is 4.73. The van der Waals surface area contributed by atoms with Gasteiger partial charge in [-0.2, -0.15) is 0 Å². The van der Waals surface area contributed by atoms with Crippen molar-refractivity contribution in [1.29, 1.82) is 0 Å². The predicted molar refractivity (Wildman–Crippen MR) is 193 cm³/mol. The molecule has 0 saturated heterocycles. The molecule has 0 aliphatic carbocycles. The lowest BCUT2D eigenvalue weighted by Gasteiger charge is -2.27. The molecule has 0 saturated carbocycles. The van der Waals surface area contributed by atoms with Gasteiger partial charge in [-0.3, -0.25) is 9.36 Å². The minimum absolute atomic E-state index is 0.0454. The average molecular weight is 744 g/mol. The number of para-hydroxylation sites is 1. The lowest BCUT2D eigenvalue weighted by molar-refractivity contribution is -0.140. The van der Waals surface area contributed by atoms with E-state index in [2.05, 4.69) is 15.9 Å². The van der Waals surface area contributed by atoms with Crippen LogP contribution < -0.4 is 29.1 Å². The molecule has 252 valence electrons. The van der Waals surface area contributed by atoms with Crippen LogP contribution in [0.4, 0.5) is 0 Å². The smallest absolute Gasteiger partial charge is 0.338 e. The number of nitrogens with zero attached hydrogens (tertiary/aromatic N) is 2. The monoisotopic (exact) mass is 742 g/mol. The lowest BCUT2D eigenvalue weighted by atomic mass is 9.94. The molecule has 0 N–H and O–H groups in total. The van der Waals surface area contributed by atoms with Crippen molar-refractivity contribution in [3.8, 4) is 17.2 Å². The van der Waals surface area contributed by atoms with E-state index in [1.54, 1.807) is 30.7 Å². The fourth-order valence-corrected chi connectivity index (χ4v) is 7.10. The summed E-state index contributed by atoms with van der Waals surface area (Å²) in [5.41, 5.74) is 2.70. The summed E-state index contributed by atoms with van der Waals surface area (Å²) in [5.74, 6) is 0.947. The molecule has 9 nitrogen and oxygen atoms in total. The lowest BCUT2D eigenvalue weighted by Crippen LogP contribution is -2.40. The van der Waals surface area contributed by atoms with Crippen LogP contribution in [-0.2, 0) is 20.9 Å². The van der Waals surface area contributed by atoms with Crippen LogP contribution in [0.15, 0.2) is 104 Å². The number of fused-ring (bicyclic) bond motifs is 2.